The third-order valence-electron chi connectivity index (χ3n) is 7.53. The van der Waals surface area contributed by atoms with Crippen LogP contribution in [0.1, 0.15) is 0 Å². The van der Waals surface area contributed by atoms with Crippen LogP contribution in [0.4, 0.5) is 28.4 Å². The van der Waals surface area contributed by atoms with Crippen LogP contribution in [0.25, 0.3) is 32.3 Å². The second-order valence-corrected chi connectivity index (χ2v) is 16.3. The fraction of sp³-hybridized carbons (Fsp3) is 0. The molecule has 0 aliphatic carbocycles. The van der Waals surface area contributed by atoms with Crippen molar-refractivity contribution in [1.82, 2.24) is 0 Å². The van der Waals surface area contributed by atoms with Crippen LogP contribution in [0, 0.1) is 0 Å². The minimum absolute atomic E-state index is 0. The van der Waals surface area contributed by atoms with Crippen LogP contribution >= 0.6 is 0 Å². The number of nitrogen functional groups attached to an aromatic ring is 1. The Balaban J connectivity index is 0.00000523. The molecule has 0 aliphatic heterocycles. The normalized spacial score (nSPS) is 13.0. The Kier molecular flexibility index (Phi) is 10.4. The van der Waals surface area contributed by atoms with Gasteiger partial charge < -0.3 is 10.3 Å². The first-order chi connectivity index (χ1) is 23.7. The molecule has 52 heavy (non-hydrogen) atoms. The molecule has 17 nitrogen and oxygen atoms in total. The van der Waals surface area contributed by atoms with E-state index in [-0.39, 0.29) is 84.9 Å². The topological polar surface area (TPSA) is 296 Å². The van der Waals surface area contributed by atoms with E-state index < -0.39 is 60.1 Å². The second kappa shape index (κ2) is 13.9. The fourth-order valence-corrected chi connectivity index (χ4v) is 7.66. The number of hydrogen-bond acceptors (Lipinski definition) is 14. The number of nitrogens with zero attached hydrogens (tertiary/aromatic N) is 4. The number of hydrogen-bond donors (Lipinski definition) is 4. The van der Waals surface area contributed by atoms with Gasteiger partial charge in [0.1, 0.15) is 15.0 Å². The molecule has 0 saturated carbocycles. The summed E-state index contributed by atoms with van der Waals surface area (Å²) in [5, 5.41) is 16.7. The van der Waals surface area contributed by atoms with E-state index in [2.05, 4.69) is 20.5 Å². The van der Waals surface area contributed by atoms with Gasteiger partial charge in [0.15, 0.2) is 0 Å². The van der Waals surface area contributed by atoms with Gasteiger partial charge in [0.25, 0.3) is 30.4 Å². The third kappa shape index (κ3) is 7.89. The van der Waals surface area contributed by atoms with Crippen molar-refractivity contribution in [3.05, 3.63) is 91.0 Å². The Bertz CT molecular complexity index is 2990. The minimum Gasteiger partial charge on any atom is -0.744 e. The van der Waals surface area contributed by atoms with Crippen LogP contribution in [-0.2, 0) is 40.5 Å². The smallest absolute Gasteiger partial charge is 0.744 e. The summed E-state index contributed by atoms with van der Waals surface area (Å²) < 4.78 is 137. The van der Waals surface area contributed by atoms with Crippen LogP contribution in [-0.4, -0.2) is 51.9 Å². The van der Waals surface area contributed by atoms with Crippen molar-refractivity contribution in [2.24, 2.45) is 20.5 Å². The molecule has 0 amide bonds. The van der Waals surface area contributed by atoms with Gasteiger partial charge in [-0.3, -0.25) is 13.7 Å². The molecule has 0 spiro atoms. The van der Waals surface area contributed by atoms with Crippen molar-refractivity contribution in [1.29, 1.82) is 0 Å². The van der Waals surface area contributed by atoms with Gasteiger partial charge in [0, 0.05) is 38.0 Å². The van der Waals surface area contributed by atoms with E-state index >= 15 is 0 Å². The molecule has 0 saturated heterocycles. The molecule has 0 unspecified atom stereocenters. The summed E-state index contributed by atoms with van der Waals surface area (Å²) in [5.74, 6) is 0. The van der Waals surface area contributed by atoms with Gasteiger partial charge in [-0.25, -0.2) is 8.42 Å². The Morgan fingerprint density at radius 2 is 0.981 bits per heavy atom. The van der Waals surface area contributed by atoms with Gasteiger partial charge in [-0.05, 0) is 66.7 Å². The third-order valence-corrected chi connectivity index (χ3v) is 11.0. The predicted octanol–water partition coefficient (Wildman–Crippen LogP) is 3.21. The van der Waals surface area contributed by atoms with Gasteiger partial charge in [-0.1, -0.05) is 24.3 Å². The Morgan fingerprint density at radius 3 is 1.52 bits per heavy atom. The van der Waals surface area contributed by atoms with E-state index in [1.54, 1.807) is 0 Å². The van der Waals surface area contributed by atoms with Crippen molar-refractivity contribution in [2.45, 2.75) is 19.6 Å². The van der Waals surface area contributed by atoms with E-state index in [0.717, 1.165) is 54.6 Å². The molecular formula is C30H20N5NaO12S4. The zero-order chi connectivity index (χ0) is 37.1. The standard InChI is InChI=1S/C30H21N5O12S4.Na/c31-25-8-9-27(22-14-17(48(36,37)38)4-6-19(22)25)35-34-26-10-11-28(23-15-18(49(39,40)41)5-7-20(23)26)33-32-16-12-24-21(30(13-16)51(45,46)47)2-1-3-29(24)50(42,43)44;/h1-15H,31H2,(H,36,37,38)(H,39,40,41)(H,42,43,44)(H,45,46,47);/q;+1/p-1. The molecule has 6 aromatic rings. The number of benzene rings is 6. The monoisotopic (exact) mass is 793 g/mol. The molecule has 6 rings (SSSR count). The van der Waals surface area contributed by atoms with Gasteiger partial charge in [0.2, 0.25) is 0 Å². The number of anilines is 1. The van der Waals surface area contributed by atoms with E-state index in [1.807, 2.05) is 0 Å². The molecule has 22 heteroatoms. The first-order valence-electron chi connectivity index (χ1n) is 13.9. The summed E-state index contributed by atoms with van der Waals surface area (Å²) in [4.78, 5) is -2.53. The van der Waals surface area contributed by atoms with Crippen LogP contribution < -0.4 is 35.3 Å². The van der Waals surface area contributed by atoms with Crippen molar-refractivity contribution in [2.75, 3.05) is 5.73 Å². The maximum Gasteiger partial charge on any atom is 1.00 e. The SMILES string of the molecule is Nc1ccc(N=Nc2ccc(N=Nc3cc(S(=O)(=O)[O-])c4cccc(S(=O)(=O)O)c4c3)c3cc(S(=O)(=O)O)ccc23)c2cc(S(=O)(=O)O)ccc12.[Na+]. The average Bonchev–Trinajstić information content (AvgIpc) is 3.04. The summed E-state index contributed by atoms with van der Waals surface area (Å²) >= 11 is 0. The van der Waals surface area contributed by atoms with E-state index in [4.69, 9.17) is 5.73 Å². The number of azo groups is 2. The van der Waals surface area contributed by atoms with Crippen molar-refractivity contribution >= 4 is 101 Å². The Labute approximate surface area is 317 Å². The van der Waals surface area contributed by atoms with E-state index in [0.29, 0.717) is 5.39 Å². The first-order valence-corrected chi connectivity index (χ1v) is 19.6. The average molecular weight is 794 g/mol. The molecule has 5 N–H and O–H groups in total. The van der Waals surface area contributed by atoms with Gasteiger partial charge in [0.05, 0.1) is 37.4 Å². The maximum atomic E-state index is 12.1. The first kappa shape index (κ1) is 39.0. The molecule has 0 atom stereocenters. The molecule has 6 aromatic carbocycles. The summed E-state index contributed by atoms with van der Waals surface area (Å²) in [6.07, 6.45) is 0. The molecule has 0 bridgehead atoms. The number of rotatable bonds is 8. The molecule has 0 aromatic heterocycles. The molecular weight excluding hydrogens is 774 g/mol. The van der Waals surface area contributed by atoms with Crippen molar-refractivity contribution in [3.8, 4) is 0 Å². The largest absolute Gasteiger partial charge is 1.00 e. The quantitative estimate of drug-likeness (QED) is 0.0746. The van der Waals surface area contributed by atoms with Crippen LogP contribution in [0.3, 0.4) is 0 Å². The van der Waals surface area contributed by atoms with Gasteiger partial charge in [-0.15, -0.1) is 15.3 Å². The summed E-state index contributed by atoms with van der Waals surface area (Å²) in [6.45, 7) is 0. The molecule has 0 radical (unpaired) electrons. The summed E-state index contributed by atoms with van der Waals surface area (Å²) in [5.41, 5.74) is 6.16. The molecule has 262 valence electrons. The minimum atomic E-state index is -5.21. The second-order valence-electron chi connectivity index (χ2n) is 10.8. The maximum absolute atomic E-state index is 12.1. The van der Waals surface area contributed by atoms with E-state index in [9.17, 15) is 51.9 Å². The summed E-state index contributed by atoms with van der Waals surface area (Å²) in [7, 11) is -19.4. The predicted molar refractivity (Wildman–Crippen MR) is 182 cm³/mol. The van der Waals surface area contributed by atoms with E-state index in [1.165, 1.54) is 36.4 Å². The van der Waals surface area contributed by atoms with Crippen molar-refractivity contribution in [3.63, 3.8) is 0 Å². The molecule has 0 aliphatic rings. The Hall–Kier alpha value is -4.26. The molecule has 0 fully saturated rings. The van der Waals surface area contributed by atoms with Gasteiger partial charge >= 0.3 is 29.6 Å². The van der Waals surface area contributed by atoms with Gasteiger partial charge in [-0.2, -0.15) is 30.4 Å². The Morgan fingerprint density at radius 1 is 0.481 bits per heavy atom. The van der Waals surface area contributed by atoms with Crippen molar-refractivity contribution < 1.29 is 81.4 Å². The van der Waals surface area contributed by atoms with Crippen LogP contribution in [0.5, 0.6) is 0 Å². The zero-order valence-corrected chi connectivity index (χ0v) is 31.4. The zero-order valence-electron chi connectivity index (χ0n) is 26.2. The molecule has 0 heterocycles. The number of nitrogens with two attached hydrogens (primary N) is 1. The fourth-order valence-electron chi connectivity index (χ4n) is 5.23. The van der Waals surface area contributed by atoms with Crippen LogP contribution in [0.2, 0.25) is 0 Å². The van der Waals surface area contributed by atoms with Crippen LogP contribution in [0.15, 0.2) is 131 Å². The summed E-state index contributed by atoms with van der Waals surface area (Å²) in [6, 6.07) is 17.9. The number of fused-ring (bicyclic) bond motifs is 3.